The number of nitrogens with zero attached hydrogens (tertiary/aromatic N) is 1. The molecule has 2 aromatic carbocycles. The number of aliphatic hydroxyl groups is 1. The number of halogens is 1. The molecule has 2 amide bonds. The number of benzene rings is 2. The lowest BCUT2D eigenvalue weighted by Gasteiger charge is -2.40. The van der Waals surface area contributed by atoms with Crippen molar-refractivity contribution in [1.29, 1.82) is 0 Å². The molecule has 0 bridgehead atoms. The average Bonchev–Trinajstić information content (AvgIpc) is 2.80. The summed E-state index contributed by atoms with van der Waals surface area (Å²) in [6.07, 6.45) is 1.80. The number of carbonyl (C=O) groups is 2. The Kier molecular flexibility index (Phi) is 9.40. The van der Waals surface area contributed by atoms with Crippen molar-refractivity contribution in [2.45, 2.75) is 71.1 Å². The molecule has 6 nitrogen and oxygen atoms in total. The first-order chi connectivity index (χ1) is 16.6. The number of β-amino-alcohol motifs (C(OH)–C–C–N with tert-alkyl or cyclic N) is 1. The molecule has 0 aliphatic carbocycles. The van der Waals surface area contributed by atoms with E-state index in [1.54, 1.807) is 24.3 Å². The summed E-state index contributed by atoms with van der Waals surface area (Å²) in [7, 11) is 0. The Balaban J connectivity index is 1.58. The van der Waals surface area contributed by atoms with E-state index in [0.29, 0.717) is 30.1 Å². The van der Waals surface area contributed by atoms with Gasteiger partial charge >= 0.3 is 6.03 Å². The number of likely N-dealkylation sites (tertiary alicyclic amines) is 1. The zero-order valence-electron chi connectivity index (χ0n) is 21.1. The quantitative estimate of drug-likeness (QED) is 0.429. The summed E-state index contributed by atoms with van der Waals surface area (Å²) >= 11 is 0. The van der Waals surface area contributed by atoms with Gasteiger partial charge < -0.3 is 15.7 Å². The Morgan fingerprint density at radius 2 is 1.89 bits per heavy atom. The van der Waals surface area contributed by atoms with Gasteiger partial charge in [0.2, 0.25) is 0 Å². The number of Topliss-reactive ketones (excluding diaryl/α,β-unsaturated/α-hetero) is 1. The van der Waals surface area contributed by atoms with Crippen LogP contribution in [0.15, 0.2) is 48.5 Å². The molecule has 7 heteroatoms. The van der Waals surface area contributed by atoms with Crippen LogP contribution in [0.4, 0.5) is 14.9 Å². The van der Waals surface area contributed by atoms with Gasteiger partial charge in [0.15, 0.2) is 5.78 Å². The van der Waals surface area contributed by atoms with Crippen LogP contribution in [0.3, 0.4) is 0 Å². The summed E-state index contributed by atoms with van der Waals surface area (Å²) in [4.78, 5) is 26.6. The molecular weight excluding hydrogens is 445 g/mol. The molecule has 3 rings (SSSR count). The number of nitrogens with one attached hydrogen (secondary N) is 2. The first kappa shape index (κ1) is 26.8. The Bertz CT molecular complexity index is 995. The molecule has 0 aromatic heterocycles. The van der Waals surface area contributed by atoms with Gasteiger partial charge in [-0.05, 0) is 81.3 Å². The summed E-state index contributed by atoms with van der Waals surface area (Å²) in [5.74, 6) is 0.374. The molecule has 1 heterocycles. The average molecular weight is 484 g/mol. The molecule has 190 valence electrons. The molecule has 0 saturated carbocycles. The fraction of sp³-hybridized carbons (Fsp3) is 0.500. The molecule has 1 aliphatic heterocycles. The molecular formula is C28H38FN3O3. The highest BCUT2D eigenvalue weighted by atomic mass is 19.1. The molecule has 4 unspecified atom stereocenters. The minimum absolute atomic E-state index is 0.0699. The monoisotopic (exact) mass is 483 g/mol. The van der Waals surface area contributed by atoms with E-state index in [0.717, 1.165) is 24.9 Å². The lowest BCUT2D eigenvalue weighted by molar-refractivity contribution is 0.0442. The third kappa shape index (κ3) is 7.87. The lowest BCUT2D eigenvalue weighted by atomic mass is 9.85. The van der Waals surface area contributed by atoms with Crippen LogP contribution in [0.25, 0.3) is 0 Å². The largest absolute Gasteiger partial charge is 0.390 e. The van der Waals surface area contributed by atoms with Crippen molar-refractivity contribution in [2.75, 3.05) is 18.4 Å². The molecule has 4 atom stereocenters. The standard InChI is InChI=1S/C28H38FN3O3/c1-18(2)14-26(31-28(35)30-25-7-5-6-22(16-25)20(4)33)27(34)17-32-13-12-23(15-19(32)3)21-8-10-24(29)11-9-21/h5-11,16,18-19,23,26-27,34H,12-15,17H2,1-4H3,(H2,30,31,35). The summed E-state index contributed by atoms with van der Waals surface area (Å²) in [5, 5.41) is 16.8. The lowest BCUT2D eigenvalue weighted by Crippen LogP contribution is -2.52. The van der Waals surface area contributed by atoms with Crippen LogP contribution >= 0.6 is 0 Å². The Labute approximate surface area is 207 Å². The molecule has 0 spiro atoms. The normalized spacial score (nSPS) is 20.3. The van der Waals surface area contributed by atoms with Gasteiger partial charge in [-0.2, -0.15) is 0 Å². The maximum Gasteiger partial charge on any atom is 0.319 e. The van der Waals surface area contributed by atoms with E-state index in [4.69, 9.17) is 0 Å². The summed E-state index contributed by atoms with van der Waals surface area (Å²) in [5.41, 5.74) is 2.22. The number of aliphatic hydroxyl groups excluding tert-OH is 1. The minimum Gasteiger partial charge on any atom is -0.390 e. The van der Waals surface area contributed by atoms with Gasteiger partial charge in [-0.3, -0.25) is 9.69 Å². The predicted molar refractivity (Wildman–Crippen MR) is 137 cm³/mol. The summed E-state index contributed by atoms with van der Waals surface area (Å²) in [6, 6.07) is 13.0. The number of anilines is 1. The highest BCUT2D eigenvalue weighted by Crippen LogP contribution is 2.32. The van der Waals surface area contributed by atoms with Crippen LogP contribution in [0.1, 0.15) is 68.8 Å². The van der Waals surface area contributed by atoms with Crippen molar-refractivity contribution < 1.29 is 19.1 Å². The number of urea groups is 1. The molecule has 1 aliphatic rings. The number of carbonyl (C=O) groups excluding carboxylic acids is 2. The molecule has 2 aromatic rings. The first-order valence-corrected chi connectivity index (χ1v) is 12.5. The fourth-order valence-corrected chi connectivity index (χ4v) is 4.87. The van der Waals surface area contributed by atoms with Gasteiger partial charge in [0.25, 0.3) is 0 Å². The van der Waals surface area contributed by atoms with E-state index < -0.39 is 18.2 Å². The van der Waals surface area contributed by atoms with Crippen LogP contribution in [0, 0.1) is 11.7 Å². The topological polar surface area (TPSA) is 81.7 Å². The zero-order chi connectivity index (χ0) is 25.5. The summed E-state index contributed by atoms with van der Waals surface area (Å²) in [6.45, 7) is 9.06. The van der Waals surface area contributed by atoms with Crippen molar-refractivity contribution in [3.05, 3.63) is 65.5 Å². The molecule has 0 radical (unpaired) electrons. The number of hydrogen-bond donors (Lipinski definition) is 3. The minimum atomic E-state index is -0.725. The van der Waals surface area contributed by atoms with Crippen LogP contribution < -0.4 is 10.6 Å². The Morgan fingerprint density at radius 1 is 1.17 bits per heavy atom. The molecule has 1 saturated heterocycles. The second-order valence-corrected chi connectivity index (χ2v) is 10.2. The van der Waals surface area contributed by atoms with Crippen molar-refractivity contribution in [1.82, 2.24) is 10.2 Å². The highest BCUT2D eigenvalue weighted by Gasteiger charge is 2.31. The van der Waals surface area contributed by atoms with Crippen molar-refractivity contribution >= 4 is 17.5 Å². The number of piperidine rings is 1. The zero-order valence-corrected chi connectivity index (χ0v) is 21.1. The molecule has 3 N–H and O–H groups in total. The van der Waals surface area contributed by atoms with Crippen molar-refractivity contribution in [3.63, 3.8) is 0 Å². The van der Waals surface area contributed by atoms with Gasteiger partial charge in [-0.25, -0.2) is 9.18 Å². The van der Waals surface area contributed by atoms with Gasteiger partial charge in [0, 0.05) is 23.8 Å². The van der Waals surface area contributed by atoms with Crippen molar-refractivity contribution in [2.24, 2.45) is 5.92 Å². The van der Waals surface area contributed by atoms with E-state index in [1.165, 1.54) is 19.1 Å². The van der Waals surface area contributed by atoms with Crippen LogP contribution in [0.5, 0.6) is 0 Å². The second-order valence-electron chi connectivity index (χ2n) is 10.2. The maximum absolute atomic E-state index is 13.3. The van der Waals surface area contributed by atoms with Crippen LogP contribution in [0.2, 0.25) is 0 Å². The molecule has 35 heavy (non-hydrogen) atoms. The van der Waals surface area contributed by atoms with Crippen LogP contribution in [-0.2, 0) is 0 Å². The number of amides is 2. The van der Waals surface area contributed by atoms with Gasteiger partial charge in [-0.1, -0.05) is 38.1 Å². The molecule has 1 fully saturated rings. The Hall–Kier alpha value is -2.77. The van der Waals surface area contributed by atoms with Crippen LogP contribution in [-0.4, -0.2) is 53.1 Å². The third-order valence-corrected chi connectivity index (χ3v) is 6.81. The highest BCUT2D eigenvalue weighted by molar-refractivity contribution is 5.96. The second kappa shape index (κ2) is 12.3. The van der Waals surface area contributed by atoms with Crippen molar-refractivity contribution in [3.8, 4) is 0 Å². The van der Waals surface area contributed by atoms with E-state index in [-0.39, 0.29) is 23.6 Å². The van der Waals surface area contributed by atoms with E-state index in [1.807, 2.05) is 12.1 Å². The van der Waals surface area contributed by atoms with E-state index >= 15 is 0 Å². The third-order valence-electron chi connectivity index (χ3n) is 6.81. The smallest absolute Gasteiger partial charge is 0.319 e. The van der Waals surface area contributed by atoms with Gasteiger partial charge in [-0.15, -0.1) is 0 Å². The number of rotatable bonds is 9. The summed E-state index contributed by atoms with van der Waals surface area (Å²) < 4.78 is 13.3. The van der Waals surface area contributed by atoms with E-state index in [9.17, 15) is 19.1 Å². The number of hydrogen-bond acceptors (Lipinski definition) is 4. The fourth-order valence-electron chi connectivity index (χ4n) is 4.87. The predicted octanol–water partition coefficient (Wildman–Crippen LogP) is 5.19. The Morgan fingerprint density at radius 3 is 2.51 bits per heavy atom. The SMILES string of the molecule is CC(=O)c1cccc(NC(=O)NC(CC(C)C)C(O)CN2CCC(c3ccc(F)cc3)CC2C)c1. The number of ketones is 1. The van der Waals surface area contributed by atoms with Gasteiger partial charge in [0.05, 0.1) is 12.1 Å². The van der Waals surface area contributed by atoms with Gasteiger partial charge in [0.1, 0.15) is 5.82 Å². The van der Waals surface area contributed by atoms with E-state index in [2.05, 4.69) is 36.3 Å². The first-order valence-electron chi connectivity index (χ1n) is 12.5. The maximum atomic E-state index is 13.3.